The molecule has 0 N–H and O–H groups in total. The highest BCUT2D eigenvalue weighted by atomic mass is 15.2. The predicted octanol–water partition coefficient (Wildman–Crippen LogP) is 15.4. The van der Waals surface area contributed by atoms with Crippen LogP contribution in [0.5, 0.6) is 0 Å². The molecule has 1 atom stereocenters. The standard InChI is InChI=1S/C58H47N/c1-57(2)52-34-43(39-16-9-6-10-17-39)26-30-48(52)50-32-28-45(36-54(50)57)59(56-21-13-19-42-18-11-12-20-47(42)56)46-29-33-51-49-31-27-44(35-53(49)58(3,4)55(51)37-46)41-24-22-40(23-25-41)38-14-7-5-8-15-38/h5-36,46H,37H2,1-4H3. The summed E-state index contributed by atoms with van der Waals surface area (Å²) in [6, 6.07) is 67.7. The van der Waals surface area contributed by atoms with E-state index in [9.17, 15) is 0 Å². The van der Waals surface area contributed by atoms with Crippen LogP contribution in [-0.2, 0) is 10.8 Å². The number of hydrogen-bond acceptors (Lipinski definition) is 1. The molecule has 284 valence electrons. The smallest absolute Gasteiger partial charge is 0.0563 e. The molecule has 8 aromatic rings. The first kappa shape index (κ1) is 35.5. The summed E-state index contributed by atoms with van der Waals surface area (Å²) >= 11 is 0. The summed E-state index contributed by atoms with van der Waals surface area (Å²) < 4.78 is 0. The van der Waals surface area contributed by atoms with Crippen LogP contribution in [0, 0.1) is 0 Å². The van der Waals surface area contributed by atoms with Crippen LogP contribution >= 0.6 is 0 Å². The van der Waals surface area contributed by atoms with Crippen LogP contribution < -0.4 is 4.90 Å². The zero-order valence-corrected chi connectivity index (χ0v) is 34.2. The Kier molecular flexibility index (Phi) is 8.07. The molecule has 0 saturated heterocycles. The van der Waals surface area contributed by atoms with E-state index < -0.39 is 0 Å². The molecule has 0 radical (unpaired) electrons. The van der Waals surface area contributed by atoms with E-state index in [1.54, 1.807) is 0 Å². The number of fused-ring (bicyclic) bond motifs is 6. The van der Waals surface area contributed by atoms with Gasteiger partial charge < -0.3 is 4.90 Å². The molecule has 0 heterocycles. The van der Waals surface area contributed by atoms with Gasteiger partial charge in [-0.05, 0) is 120 Å². The Morgan fingerprint density at radius 1 is 0.441 bits per heavy atom. The third kappa shape index (κ3) is 5.67. The molecule has 0 fully saturated rings. The molecule has 0 spiro atoms. The van der Waals surface area contributed by atoms with Crippen LogP contribution in [0.15, 0.2) is 200 Å². The quantitative estimate of drug-likeness (QED) is 0.163. The molecule has 0 saturated carbocycles. The van der Waals surface area contributed by atoms with Crippen molar-refractivity contribution in [1.82, 2.24) is 0 Å². The van der Waals surface area contributed by atoms with E-state index in [0.717, 1.165) is 6.42 Å². The van der Waals surface area contributed by atoms with E-state index in [-0.39, 0.29) is 16.9 Å². The largest absolute Gasteiger partial charge is 0.334 e. The lowest BCUT2D eigenvalue weighted by Crippen LogP contribution is -2.34. The van der Waals surface area contributed by atoms with Crippen LogP contribution in [0.3, 0.4) is 0 Å². The summed E-state index contributed by atoms with van der Waals surface area (Å²) in [7, 11) is 0. The van der Waals surface area contributed by atoms with Gasteiger partial charge in [-0.15, -0.1) is 0 Å². The second-order valence-corrected chi connectivity index (χ2v) is 17.7. The minimum Gasteiger partial charge on any atom is -0.334 e. The average molecular weight is 758 g/mol. The second kappa shape index (κ2) is 13.4. The molecule has 1 unspecified atom stereocenters. The molecule has 0 bridgehead atoms. The highest BCUT2D eigenvalue weighted by molar-refractivity contribution is 5.98. The van der Waals surface area contributed by atoms with Gasteiger partial charge in [0, 0.05) is 27.6 Å². The number of benzene rings is 8. The van der Waals surface area contributed by atoms with Crippen molar-refractivity contribution >= 4 is 27.7 Å². The molecular weight excluding hydrogens is 711 g/mol. The highest BCUT2D eigenvalue weighted by Crippen LogP contribution is 2.54. The van der Waals surface area contributed by atoms with Crippen LogP contribution in [-0.4, -0.2) is 6.04 Å². The Hall–Kier alpha value is -6.70. The minimum atomic E-state index is -0.150. The van der Waals surface area contributed by atoms with Gasteiger partial charge in [0.1, 0.15) is 0 Å². The molecule has 3 aliphatic carbocycles. The van der Waals surface area contributed by atoms with Crippen molar-refractivity contribution in [3.63, 3.8) is 0 Å². The van der Waals surface area contributed by atoms with E-state index in [4.69, 9.17) is 0 Å². The third-order valence-electron chi connectivity index (χ3n) is 13.7. The molecule has 3 aliphatic rings. The SMILES string of the molecule is CC1(C)C2=C(C=CC(N(c3ccc4c(c3)C(C)(C)c3cc(-c5ccccc5)ccc3-4)c3cccc4ccccc34)C2)c2ccc(-c3ccc(-c4ccccc4)cc3)cc21. The van der Waals surface area contributed by atoms with Gasteiger partial charge in [-0.3, -0.25) is 0 Å². The molecule has 1 nitrogen and oxygen atoms in total. The van der Waals surface area contributed by atoms with Crippen LogP contribution in [0.4, 0.5) is 11.4 Å². The van der Waals surface area contributed by atoms with Gasteiger partial charge in [0.2, 0.25) is 0 Å². The fraction of sp³-hybridized carbons (Fsp3) is 0.138. The Bertz CT molecular complexity index is 2990. The van der Waals surface area contributed by atoms with Gasteiger partial charge in [-0.1, -0.05) is 192 Å². The number of nitrogens with zero attached hydrogens (tertiary/aromatic N) is 1. The lowest BCUT2D eigenvalue weighted by Gasteiger charge is -2.38. The fourth-order valence-corrected chi connectivity index (χ4v) is 10.5. The van der Waals surface area contributed by atoms with E-state index in [0.29, 0.717) is 0 Å². The van der Waals surface area contributed by atoms with Crippen molar-refractivity contribution < 1.29 is 0 Å². The number of anilines is 2. The molecule has 0 aliphatic heterocycles. The topological polar surface area (TPSA) is 3.24 Å². The summed E-state index contributed by atoms with van der Waals surface area (Å²) in [6.45, 7) is 9.68. The zero-order valence-electron chi connectivity index (χ0n) is 34.2. The first-order chi connectivity index (χ1) is 28.8. The first-order valence-corrected chi connectivity index (χ1v) is 21.1. The maximum atomic E-state index is 2.64. The highest BCUT2D eigenvalue weighted by Gasteiger charge is 2.41. The summed E-state index contributed by atoms with van der Waals surface area (Å²) in [5, 5.41) is 2.53. The third-order valence-corrected chi connectivity index (χ3v) is 13.7. The molecule has 0 amide bonds. The first-order valence-electron chi connectivity index (χ1n) is 21.1. The minimum absolute atomic E-state index is 0.115. The number of rotatable bonds is 6. The summed E-state index contributed by atoms with van der Waals surface area (Å²) in [5.41, 5.74) is 20.9. The van der Waals surface area contributed by atoms with E-state index in [1.807, 2.05) is 0 Å². The van der Waals surface area contributed by atoms with Crippen LogP contribution in [0.1, 0.15) is 56.4 Å². The predicted molar refractivity (Wildman–Crippen MR) is 250 cm³/mol. The van der Waals surface area contributed by atoms with E-state index >= 15 is 0 Å². The normalized spacial score (nSPS) is 16.7. The number of allylic oxidation sites excluding steroid dienone is 2. The van der Waals surface area contributed by atoms with Crippen molar-refractivity contribution in [3.05, 3.63) is 222 Å². The number of hydrogen-bond donors (Lipinski definition) is 0. The van der Waals surface area contributed by atoms with Gasteiger partial charge >= 0.3 is 0 Å². The lowest BCUT2D eigenvalue weighted by molar-refractivity contribution is 0.585. The Morgan fingerprint density at radius 2 is 0.949 bits per heavy atom. The van der Waals surface area contributed by atoms with Gasteiger partial charge in [0.25, 0.3) is 0 Å². The zero-order chi connectivity index (χ0) is 39.9. The second-order valence-electron chi connectivity index (χ2n) is 17.7. The van der Waals surface area contributed by atoms with E-state index in [2.05, 4.69) is 227 Å². The van der Waals surface area contributed by atoms with Gasteiger partial charge in [0.15, 0.2) is 0 Å². The molecule has 1 heteroatoms. The van der Waals surface area contributed by atoms with Crippen molar-refractivity contribution in [2.75, 3.05) is 4.90 Å². The van der Waals surface area contributed by atoms with Crippen LogP contribution in [0.25, 0.3) is 60.9 Å². The van der Waals surface area contributed by atoms with Crippen molar-refractivity contribution in [1.29, 1.82) is 0 Å². The Balaban J connectivity index is 0.966. The molecule has 8 aromatic carbocycles. The molecule has 11 rings (SSSR count). The Labute approximate surface area is 348 Å². The summed E-state index contributed by atoms with van der Waals surface area (Å²) in [4.78, 5) is 2.64. The van der Waals surface area contributed by atoms with Gasteiger partial charge in [0.05, 0.1) is 6.04 Å². The van der Waals surface area contributed by atoms with Crippen LogP contribution in [0.2, 0.25) is 0 Å². The van der Waals surface area contributed by atoms with Crippen molar-refractivity contribution in [2.24, 2.45) is 0 Å². The average Bonchev–Trinajstić information content (AvgIpc) is 3.65. The summed E-state index contributed by atoms with van der Waals surface area (Å²) in [5.74, 6) is 0. The van der Waals surface area contributed by atoms with Crippen molar-refractivity contribution in [2.45, 2.75) is 51.0 Å². The molecule has 59 heavy (non-hydrogen) atoms. The van der Waals surface area contributed by atoms with Crippen molar-refractivity contribution in [3.8, 4) is 44.5 Å². The lowest BCUT2D eigenvalue weighted by atomic mass is 9.77. The van der Waals surface area contributed by atoms with Gasteiger partial charge in [-0.2, -0.15) is 0 Å². The molecule has 0 aromatic heterocycles. The fourth-order valence-electron chi connectivity index (χ4n) is 10.5. The molecular formula is C58H47N. The Morgan fingerprint density at radius 3 is 1.64 bits per heavy atom. The maximum Gasteiger partial charge on any atom is 0.0563 e. The van der Waals surface area contributed by atoms with Gasteiger partial charge in [-0.25, -0.2) is 0 Å². The monoisotopic (exact) mass is 757 g/mol. The van der Waals surface area contributed by atoms with E-state index in [1.165, 1.54) is 100 Å². The maximum absolute atomic E-state index is 2.64. The summed E-state index contributed by atoms with van der Waals surface area (Å²) in [6.07, 6.45) is 5.85.